The third-order valence-electron chi connectivity index (χ3n) is 5.99. The maximum atomic E-state index is 11.7. The first-order valence-electron chi connectivity index (χ1n) is 10.6. The first kappa shape index (κ1) is 21.1. The van der Waals surface area contributed by atoms with Gasteiger partial charge in [0.05, 0.1) is 12.1 Å². The number of benzene rings is 2. The first-order valence-corrected chi connectivity index (χ1v) is 11.4. The van der Waals surface area contributed by atoms with E-state index in [0.29, 0.717) is 11.5 Å². The number of carboxylic acids is 1. The number of aryl methyl sites for hydroxylation is 2. The van der Waals surface area contributed by atoms with Crippen molar-refractivity contribution in [1.29, 1.82) is 0 Å². The Hall–Kier alpha value is -3.78. The number of hydrogen-bond donors (Lipinski definition) is 2. The molecule has 0 radical (unpaired) electrons. The SMILES string of the molecule is Cc1sc2c(c1C)C(c1ccc(-c3cccc(N)c3)cc1)=N[C@@H](CC(=O)O)c1nnc(C)n1-2. The van der Waals surface area contributed by atoms with Crippen LogP contribution in [0.4, 0.5) is 5.69 Å². The fourth-order valence-corrected chi connectivity index (χ4v) is 5.44. The van der Waals surface area contributed by atoms with Crippen LogP contribution in [-0.2, 0) is 4.79 Å². The molecule has 3 heterocycles. The number of aliphatic carboxylic acids is 1. The van der Waals surface area contributed by atoms with Gasteiger partial charge in [-0.2, -0.15) is 0 Å². The standard InChI is InChI=1S/C25H23N5O2S/c1-13-14(2)33-25-22(13)23(27-20(12-21(31)32)24-29-28-15(3)30(24)25)17-9-7-16(8-10-17)18-5-4-6-19(26)11-18/h4-11,20H,12,26H2,1-3H3,(H,31,32)/t20-/m0/s1. The van der Waals surface area contributed by atoms with Crippen molar-refractivity contribution in [2.24, 2.45) is 4.99 Å². The van der Waals surface area contributed by atoms with Crippen LogP contribution >= 0.6 is 11.3 Å². The molecule has 4 aromatic rings. The van der Waals surface area contributed by atoms with Gasteiger partial charge in [0.15, 0.2) is 5.82 Å². The minimum Gasteiger partial charge on any atom is -0.481 e. The average molecular weight is 458 g/mol. The largest absolute Gasteiger partial charge is 0.481 e. The molecule has 0 amide bonds. The van der Waals surface area contributed by atoms with Gasteiger partial charge in [-0.05, 0) is 49.6 Å². The Morgan fingerprint density at radius 3 is 2.48 bits per heavy atom. The summed E-state index contributed by atoms with van der Waals surface area (Å²) in [6.45, 7) is 6.05. The lowest BCUT2D eigenvalue weighted by atomic mass is 9.97. The van der Waals surface area contributed by atoms with E-state index in [1.165, 1.54) is 4.88 Å². The molecular formula is C25H23N5O2S. The summed E-state index contributed by atoms with van der Waals surface area (Å²) in [5.74, 6) is 0.352. The fraction of sp³-hybridized carbons (Fsp3) is 0.200. The van der Waals surface area contributed by atoms with Crippen molar-refractivity contribution in [3.63, 3.8) is 0 Å². The van der Waals surface area contributed by atoms with Crippen molar-refractivity contribution in [3.05, 3.63) is 81.7 Å². The summed E-state index contributed by atoms with van der Waals surface area (Å²) in [6.07, 6.45) is -0.157. The van der Waals surface area contributed by atoms with Crippen LogP contribution in [0.3, 0.4) is 0 Å². The molecule has 0 fully saturated rings. The zero-order valence-electron chi connectivity index (χ0n) is 18.5. The fourth-order valence-electron chi connectivity index (χ4n) is 4.23. The Labute approximate surface area is 195 Å². The minimum atomic E-state index is -0.925. The number of nitrogens with two attached hydrogens (primary N) is 1. The summed E-state index contributed by atoms with van der Waals surface area (Å²) in [5.41, 5.74) is 12.6. The van der Waals surface area contributed by atoms with E-state index in [1.807, 2.05) is 60.0 Å². The predicted octanol–water partition coefficient (Wildman–Crippen LogP) is 4.87. The van der Waals surface area contributed by atoms with Gasteiger partial charge < -0.3 is 10.8 Å². The molecule has 0 spiro atoms. The van der Waals surface area contributed by atoms with Crippen molar-refractivity contribution in [3.8, 4) is 16.1 Å². The second kappa shape index (κ2) is 7.97. The van der Waals surface area contributed by atoms with Gasteiger partial charge in [-0.3, -0.25) is 14.4 Å². The van der Waals surface area contributed by atoms with Gasteiger partial charge in [0, 0.05) is 21.7 Å². The molecule has 2 aromatic heterocycles. The maximum Gasteiger partial charge on any atom is 0.306 e. The van der Waals surface area contributed by atoms with Gasteiger partial charge in [0.2, 0.25) is 0 Å². The van der Waals surface area contributed by atoms with Gasteiger partial charge in [-0.25, -0.2) is 0 Å². The molecule has 1 atom stereocenters. The van der Waals surface area contributed by atoms with Gasteiger partial charge in [0.25, 0.3) is 0 Å². The third-order valence-corrected chi connectivity index (χ3v) is 7.18. The number of nitrogens with zero attached hydrogens (tertiary/aromatic N) is 4. The maximum absolute atomic E-state index is 11.7. The third kappa shape index (κ3) is 3.62. The summed E-state index contributed by atoms with van der Waals surface area (Å²) < 4.78 is 1.96. The van der Waals surface area contributed by atoms with Crippen LogP contribution in [0.2, 0.25) is 0 Å². The van der Waals surface area contributed by atoms with E-state index in [9.17, 15) is 9.90 Å². The van der Waals surface area contributed by atoms with Crippen LogP contribution in [0.25, 0.3) is 16.1 Å². The molecule has 1 aliphatic heterocycles. The Morgan fingerprint density at radius 1 is 1.06 bits per heavy atom. The van der Waals surface area contributed by atoms with Crippen LogP contribution < -0.4 is 5.73 Å². The Bertz CT molecular complexity index is 1420. The minimum absolute atomic E-state index is 0.157. The first-order chi connectivity index (χ1) is 15.8. The Balaban J connectivity index is 1.69. The highest BCUT2D eigenvalue weighted by Crippen LogP contribution is 2.39. The van der Waals surface area contributed by atoms with E-state index in [1.54, 1.807) is 11.3 Å². The predicted molar refractivity (Wildman–Crippen MR) is 130 cm³/mol. The topological polar surface area (TPSA) is 106 Å². The molecule has 33 heavy (non-hydrogen) atoms. The number of anilines is 1. The highest BCUT2D eigenvalue weighted by atomic mass is 32.1. The zero-order valence-corrected chi connectivity index (χ0v) is 19.3. The van der Waals surface area contributed by atoms with E-state index in [2.05, 4.69) is 24.0 Å². The van der Waals surface area contributed by atoms with Crippen LogP contribution in [0.1, 0.15) is 45.7 Å². The molecule has 1 aliphatic rings. The molecule has 0 aliphatic carbocycles. The second-order valence-corrected chi connectivity index (χ2v) is 9.40. The van der Waals surface area contributed by atoms with Gasteiger partial charge in [0.1, 0.15) is 16.9 Å². The second-order valence-electron chi connectivity index (χ2n) is 8.20. The number of aliphatic imine (C=N–C) groups is 1. The number of hydrogen-bond acceptors (Lipinski definition) is 6. The molecule has 0 unspecified atom stereocenters. The van der Waals surface area contributed by atoms with Crippen LogP contribution in [0, 0.1) is 20.8 Å². The van der Waals surface area contributed by atoms with Crippen molar-refractivity contribution < 1.29 is 9.90 Å². The van der Waals surface area contributed by atoms with Crippen molar-refractivity contribution >= 4 is 28.7 Å². The highest BCUT2D eigenvalue weighted by molar-refractivity contribution is 7.15. The van der Waals surface area contributed by atoms with E-state index in [-0.39, 0.29) is 6.42 Å². The molecule has 0 saturated heterocycles. The van der Waals surface area contributed by atoms with Crippen LogP contribution in [-0.4, -0.2) is 31.6 Å². The molecule has 166 valence electrons. The Kier molecular flexibility index (Phi) is 5.09. The number of aromatic nitrogens is 3. The summed E-state index contributed by atoms with van der Waals surface area (Å²) >= 11 is 1.65. The zero-order chi connectivity index (χ0) is 23.3. The number of carboxylic acid groups (broad SMARTS) is 1. The summed E-state index contributed by atoms with van der Waals surface area (Å²) in [5, 5.41) is 19.1. The van der Waals surface area contributed by atoms with Gasteiger partial charge >= 0.3 is 5.97 Å². The quantitative estimate of drug-likeness (QED) is 0.425. The molecule has 0 saturated carbocycles. The van der Waals surface area contributed by atoms with Crippen LogP contribution in [0.5, 0.6) is 0 Å². The average Bonchev–Trinajstić information content (AvgIpc) is 3.26. The van der Waals surface area contributed by atoms with E-state index >= 15 is 0 Å². The lowest BCUT2D eigenvalue weighted by molar-refractivity contribution is -0.137. The van der Waals surface area contributed by atoms with Gasteiger partial charge in [-0.1, -0.05) is 36.4 Å². The van der Waals surface area contributed by atoms with Crippen molar-refractivity contribution in [2.45, 2.75) is 33.2 Å². The van der Waals surface area contributed by atoms with E-state index in [4.69, 9.17) is 10.7 Å². The molecule has 3 N–H and O–H groups in total. The molecule has 8 heteroatoms. The van der Waals surface area contributed by atoms with Crippen molar-refractivity contribution in [2.75, 3.05) is 5.73 Å². The lowest BCUT2D eigenvalue weighted by Crippen LogP contribution is -2.10. The summed E-state index contributed by atoms with van der Waals surface area (Å²) in [7, 11) is 0. The highest BCUT2D eigenvalue weighted by Gasteiger charge is 2.32. The normalized spacial score (nSPS) is 14.9. The number of thiophene rings is 1. The van der Waals surface area contributed by atoms with Crippen LogP contribution in [0.15, 0.2) is 53.5 Å². The monoisotopic (exact) mass is 457 g/mol. The molecule has 2 aromatic carbocycles. The number of fused-ring (bicyclic) bond motifs is 3. The summed E-state index contributed by atoms with van der Waals surface area (Å²) in [6, 6.07) is 15.3. The molecule has 0 bridgehead atoms. The Morgan fingerprint density at radius 2 is 1.79 bits per heavy atom. The van der Waals surface area contributed by atoms with Gasteiger partial charge in [-0.15, -0.1) is 21.5 Å². The molecule has 5 rings (SSSR count). The lowest BCUT2D eigenvalue weighted by Gasteiger charge is -2.11. The van der Waals surface area contributed by atoms with E-state index in [0.717, 1.165) is 44.4 Å². The number of rotatable bonds is 4. The molecule has 7 nitrogen and oxygen atoms in total. The summed E-state index contributed by atoms with van der Waals surface area (Å²) in [4.78, 5) is 17.8. The number of nitrogen functional groups attached to an aromatic ring is 1. The molecular weight excluding hydrogens is 434 g/mol. The number of carbonyl (C=O) groups is 1. The van der Waals surface area contributed by atoms with E-state index < -0.39 is 12.0 Å². The van der Waals surface area contributed by atoms with Crippen molar-refractivity contribution in [1.82, 2.24) is 14.8 Å². The smallest absolute Gasteiger partial charge is 0.306 e.